The molecule has 11 heteroatoms. The SMILES string of the molecule is CCOC(=O)N1CCCC(N(Cc2cc(C(F)(F)F)cc(C(F)(F)F)c2)C(C)=O)c2ccc(C)cc21. The van der Waals surface area contributed by atoms with Gasteiger partial charge in [0.05, 0.1) is 29.5 Å². The Hall–Kier alpha value is -3.24. The highest BCUT2D eigenvalue weighted by molar-refractivity contribution is 5.89. The van der Waals surface area contributed by atoms with Crippen LogP contribution in [0, 0.1) is 6.92 Å². The molecule has 0 radical (unpaired) electrons. The minimum atomic E-state index is -5.00. The van der Waals surface area contributed by atoms with Gasteiger partial charge in [-0.2, -0.15) is 26.3 Å². The molecule has 2 amide bonds. The summed E-state index contributed by atoms with van der Waals surface area (Å²) in [7, 11) is 0. The Morgan fingerprint density at radius 1 is 1.03 bits per heavy atom. The van der Waals surface area contributed by atoms with E-state index in [0.29, 0.717) is 36.2 Å². The molecule has 0 spiro atoms. The second-order valence-corrected chi connectivity index (χ2v) is 8.63. The van der Waals surface area contributed by atoms with Crippen LogP contribution in [0.3, 0.4) is 0 Å². The highest BCUT2D eigenvalue weighted by Gasteiger charge is 2.38. The lowest BCUT2D eigenvalue weighted by molar-refractivity contribution is -0.143. The van der Waals surface area contributed by atoms with Gasteiger partial charge in [0.15, 0.2) is 0 Å². The fourth-order valence-electron chi connectivity index (χ4n) is 4.35. The minimum absolute atomic E-state index is 0.0581. The number of carbonyl (C=O) groups excluding carboxylic acids is 2. The van der Waals surface area contributed by atoms with E-state index in [-0.39, 0.29) is 24.8 Å². The van der Waals surface area contributed by atoms with Crippen molar-refractivity contribution < 1.29 is 40.7 Å². The lowest BCUT2D eigenvalue weighted by Crippen LogP contribution is -2.34. The van der Waals surface area contributed by atoms with Crippen molar-refractivity contribution >= 4 is 17.7 Å². The molecule has 0 saturated carbocycles. The van der Waals surface area contributed by atoms with Gasteiger partial charge >= 0.3 is 18.4 Å². The van der Waals surface area contributed by atoms with E-state index in [9.17, 15) is 35.9 Å². The zero-order valence-corrected chi connectivity index (χ0v) is 20.0. The van der Waals surface area contributed by atoms with E-state index in [4.69, 9.17) is 4.74 Å². The number of hydrogen-bond donors (Lipinski definition) is 0. The molecule has 36 heavy (non-hydrogen) atoms. The average molecular weight is 516 g/mol. The van der Waals surface area contributed by atoms with E-state index in [2.05, 4.69) is 0 Å². The molecule has 0 bridgehead atoms. The minimum Gasteiger partial charge on any atom is -0.449 e. The van der Waals surface area contributed by atoms with Gasteiger partial charge in [0.2, 0.25) is 5.91 Å². The topological polar surface area (TPSA) is 49.9 Å². The first kappa shape index (κ1) is 27.3. The number of alkyl halides is 6. The van der Waals surface area contributed by atoms with Gasteiger partial charge in [-0.1, -0.05) is 12.1 Å². The largest absolute Gasteiger partial charge is 0.449 e. The van der Waals surface area contributed by atoms with E-state index < -0.39 is 48.1 Å². The number of benzene rings is 2. The highest BCUT2D eigenvalue weighted by Crippen LogP contribution is 2.40. The second kappa shape index (κ2) is 10.4. The van der Waals surface area contributed by atoms with Crippen molar-refractivity contribution in [2.24, 2.45) is 0 Å². The Bertz CT molecular complexity index is 1100. The number of fused-ring (bicyclic) bond motifs is 1. The summed E-state index contributed by atoms with van der Waals surface area (Å²) in [6.45, 7) is 4.64. The molecule has 0 aromatic heterocycles. The van der Waals surface area contributed by atoms with Gasteiger partial charge in [-0.15, -0.1) is 0 Å². The van der Waals surface area contributed by atoms with Crippen molar-refractivity contribution in [2.75, 3.05) is 18.1 Å². The number of nitrogens with zero attached hydrogens (tertiary/aromatic N) is 2. The lowest BCUT2D eigenvalue weighted by atomic mass is 9.97. The molecule has 1 atom stereocenters. The quantitative estimate of drug-likeness (QED) is 0.417. The van der Waals surface area contributed by atoms with E-state index in [1.807, 2.05) is 6.92 Å². The molecule has 1 aliphatic heterocycles. The Kier molecular flexibility index (Phi) is 7.90. The molecular weight excluding hydrogens is 490 g/mol. The number of carbonyl (C=O) groups is 2. The van der Waals surface area contributed by atoms with Crippen molar-refractivity contribution in [1.29, 1.82) is 0 Å². The van der Waals surface area contributed by atoms with Crippen molar-refractivity contribution in [3.63, 3.8) is 0 Å². The molecular formula is C25H26F6N2O3. The highest BCUT2D eigenvalue weighted by atomic mass is 19.4. The number of ether oxygens (including phenoxy) is 1. The van der Waals surface area contributed by atoms with Crippen LogP contribution in [0.15, 0.2) is 36.4 Å². The zero-order chi connectivity index (χ0) is 26.8. The second-order valence-electron chi connectivity index (χ2n) is 8.63. The Morgan fingerprint density at radius 2 is 1.64 bits per heavy atom. The van der Waals surface area contributed by atoms with Gasteiger partial charge < -0.3 is 9.64 Å². The first-order chi connectivity index (χ1) is 16.7. The standard InChI is InChI=1S/C25H26F6N2O3/c1-4-36-23(35)32-9-5-6-21(20-8-7-15(2)10-22(20)32)33(16(3)34)14-17-11-18(24(26,27)28)13-19(12-17)25(29,30)31/h7-8,10-13,21H,4-6,9,14H2,1-3H3. The normalized spacial score (nSPS) is 16.2. The van der Waals surface area contributed by atoms with Crippen LogP contribution in [0.5, 0.6) is 0 Å². The smallest absolute Gasteiger partial charge is 0.416 e. The van der Waals surface area contributed by atoms with E-state index in [0.717, 1.165) is 5.56 Å². The molecule has 0 N–H and O–H groups in total. The third-order valence-electron chi connectivity index (χ3n) is 5.96. The van der Waals surface area contributed by atoms with Crippen molar-refractivity contribution in [3.8, 4) is 0 Å². The van der Waals surface area contributed by atoms with Crippen LogP contribution in [0.4, 0.5) is 36.8 Å². The van der Waals surface area contributed by atoms with Gasteiger partial charge in [-0.3, -0.25) is 9.69 Å². The van der Waals surface area contributed by atoms with Crippen LogP contribution in [0.2, 0.25) is 0 Å². The molecule has 1 unspecified atom stereocenters. The maximum Gasteiger partial charge on any atom is 0.416 e. The summed E-state index contributed by atoms with van der Waals surface area (Å²) in [4.78, 5) is 28.0. The maximum absolute atomic E-state index is 13.4. The molecule has 5 nitrogen and oxygen atoms in total. The number of anilines is 1. The van der Waals surface area contributed by atoms with Crippen molar-refractivity contribution in [3.05, 3.63) is 64.2 Å². The van der Waals surface area contributed by atoms with E-state index in [1.54, 1.807) is 25.1 Å². The number of halogens is 6. The molecule has 1 aliphatic rings. The third kappa shape index (κ3) is 6.11. The fourth-order valence-corrected chi connectivity index (χ4v) is 4.35. The summed E-state index contributed by atoms with van der Waals surface area (Å²) in [5, 5.41) is 0. The van der Waals surface area contributed by atoms with Gasteiger partial charge in [-0.05, 0) is 67.6 Å². The molecule has 2 aromatic rings. The third-order valence-corrected chi connectivity index (χ3v) is 5.96. The number of rotatable bonds is 4. The Labute approximate surface area is 204 Å². The van der Waals surface area contributed by atoms with E-state index in [1.165, 1.54) is 16.7 Å². The van der Waals surface area contributed by atoms with Gasteiger partial charge in [0.25, 0.3) is 0 Å². The van der Waals surface area contributed by atoms with Crippen LogP contribution in [-0.2, 0) is 28.4 Å². The number of hydrogen-bond acceptors (Lipinski definition) is 3. The van der Waals surface area contributed by atoms with Crippen molar-refractivity contribution in [1.82, 2.24) is 4.90 Å². The lowest BCUT2D eigenvalue weighted by Gasteiger charge is -2.32. The van der Waals surface area contributed by atoms with Crippen LogP contribution in [0.1, 0.15) is 60.5 Å². The van der Waals surface area contributed by atoms with Gasteiger partial charge in [0, 0.05) is 20.0 Å². The fraction of sp³-hybridized carbons (Fsp3) is 0.440. The van der Waals surface area contributed by atoms with E-state index >= 15 is 0 Å². The zero-order valence-electron chi connectivity index (χ0n) is 20.0. The summed E-state index contributed by atoms with van der Waals surface area (Å²) in [5.74, 6) is -0.526. The number of aryl methyl sites for hydroxylation is 1. The van der Waals surface area contributed by atoms with Crippen LogP contribution in [-0.4, -0.2) is 30.1 Å². The van der Waals surface area contributed by atoms with Crippen LogP contribution >= 0.6 is 0 Å². The monoisotopic (exact) mass is 516 g/mol. The molecule has 2 aromatic carbocycles. The Balaban J connectivity index is 2.08. The molecule has 196 valence electrons. The summed E-state index contributed by atoms with van der Waals surface area (Å²) in [5.41, 5.74) is -1.31. The summed E-state index contributed by atoms with van der Waals surface area (Å²) in [6, 6.07) is 5.87. The number of amides is 2. The summed E-state index contributed by atoms with van der Waals surface area (Å²) in [6.07, 6.45) is -9.80. The van der Waals surface area contributed by atoms with Gasteiger partial charge in [0.1, 0.15) is 0 Å². The predicted molar refractivity (Wildman–Crippen MR) is 120 cm³/mol. The predicted octanol–water partition coefficient (Wildman–Crippen LogP) is 6.88. The maximum atomic E-state index is 13.4. The molecule has 0 aliphatic carbocycles. The summed E-state index contributed by atoms with van der Waals surface area (Å²) >= 11 is 0. The van der Waals surface area contributed by atoms with Crippen LogP contribution in [0.25, 0.3) is 0 Å². The summed E-state index contributed by atoms with van der Waals surface area (Å²) < 4.78 is 85.3. The first-order valence-electron chi connectivity index (χ1n) is 11.3. The Morgan fingerprint density at radius 3 is 2.17 bits per heavy atom. The molecule has 1 heterocycles. The van der Waals surface area contributed by atoms with Crippen molar-refractivity contribution in [2.45, 2.75) is 58.6 Å². The molecule has 3 rings (SSSR count). The molecule has 0 fully saturated rings. The average Bonchev–Trinajstić information content (AvgIpc) is 2.95. The van der Waals surface area contributed by atoms with Crippen LogP contribution < -0.4 is 4.90 Å². The molecule has 0 saturated heterocycles. The van der Waals surface area contributed by atoms with Gasteiger partial charge in [-0.25, -0.2) is 4.79 Å². The first-order valence-corrected chi connectivity index (χ1v) is 11.3.